The van der Waals surface area contributed by atoms with Crippen LogP contribution in [-0.2, 0) is 6.54 Å². The average Bonchev–Trinajstić information content (AvgIpc) is 4.03. The Labute approximate surface area is 267 Å². The molecule has 3 aromatic heterocycles. The summed E-state index contributed by atoms with van der Waals surface area (Å²) < 4.78 is 16.4. The molecule has 5 aromatic rings. The number of aromatic nitrogens is 3. The van der Waals surface area contributed by atoms with Crippen LogP contribution in [0.25, 0.3) is 27.8 Å². The molecule has 3 aliphatic rings. The van der Waals surface area contributed by atoms with E-state index in [9.17, 15) is 14.0 Å². The maximum absolute atomic E-state index is 14.7. The molecule has 0 spiro atoms. The van der Waals surface area contributed by atoms with E-state index >= 15 is 0 Å². The summed E-state index contributed by atoms with van der Waals surface area (Å²) >= 11 is 0. The van der Waals surface area contributed by atoms with Crippen molar-refractivity contribution in [3.05, 3.63) is 112 Å². The Bertz CT molecular complexity index is 2000. The summed E-state index contributed by atoms with van der Waals surface area (Å²) in [6, 6.07) is 19.8. The van der Waals surface area contributed by atoms with Gasteiger partial charge in [-0.05, 0) is 117 Å². The normalized spacial score (nSPS) is 17.0. The van der Waals surface area contributed by atoms with Crippen LogP contribution < -0.4 is 10.5 Å². The Morgan fingerprint density at radius 2 is 1.72 bits per heavy atom. The molecule has 0 unspecified atom stereocenters. The molecule has 1 amide bonds. The molecule has 3 fully saturated rings. The molecule has 0 radical (unpaired) electrons. The van der Waals surface area contributed by atoms with E-state index in [0.29, 0.717) is 28.7 Å². The number of halogens is 1. The van der Waals surface area contributed by atoms with Gasteiger partial charge >= 0.3 is 0 Å². The smallest absolute Gasteiger partial charge is 0.280 e. The van der Waals surface area contributed by atoms with Crippen LogP contribution in [0.1, 0.15) is 84.1 Å². The van der Waals surface area contributed by atoms with E-state index in [2.05, 4.69) is 16.0 Å². The van der Waals surface area contributed by atoms with Gasteiger partial charge < -0.3 is 9.88 Å². The summed E-state index contributed by atoms with van der Waals surface area (Å²) in [6.45, 7) is 2.99. The zero-order chi connectivity index (χ0) is 31.4. The van der Waals surface area contributed by atoms with Gasteiger partial charge in [0.15, 0.2) is 0 Å². The van der Waals surface area contributed by atoms with Crippen molar-refractivity contribution in [1.29, 1.82) is 0 Å². The molecule has 1 N–H and O–H groups in total. The molecule has 0 atom stereocenters. The first kappa shape index (κ1) is 28.9. The first-order valence-electron chi connectivity index (χ1n) is 16.6. The fourth-order valence-electron chi connectivity index (χ4n) is 6.93. The topological polar surface area (TPSA) is 74.2 Å². The summed E-state index contributed by atoms with van der Waals surface area (Å²) in [5, 5.41) is 1.02. The van der Waals surface area contributed by atoms with Crippen LogP contribution in [0, 0.1) is 5.82 Å². The largest absolute Gasteiger partial charge is 0.353 e. The first-order valence-corrected chi connectivity index (χ1v) is 16.6. The van der Waals surface area contributed by atoms with Crippen LogP contribution in [0.3, 0.4) is 0 Å². The summed E-state index contributed by atoms with van der Waals surface area (Å²) in [4.78, 5) is 40.6. The first-order chi connectivity index (χ1) is 22.4. The third-order valence-electron chi connectivity index (χ3n) is 9.79. The number of likely N-dealkylation sites (tertiary alicyclic amines) is 1. The van der Waals surface area contributed by atoms with Gasteiger partial charge in [0.2, 0.25) is 0 Å². The number of para-hydroxylation sites is 1. The Kier molecular flexibility index (Phi) is 7.32. The van der Waals surface area contributed by atoms with Gasteiger partial charge in [0.25, 0.3) is 11.5 Å². The predicted octanol–water partition coefficient (Wildman–Crippen LogP) is 7.54. The lowest BCUT2D eigenvalue weighted by Crippen LogP contribution is -2.29. The molecule has 1 saturated heterocycles. The van der Waals surface area contributed by atoms with Crippen molar-refractivity contribution in [3.8, 4) is 16.9 Å². The molecular formula is C38H38FN5O2. The number of nitrogens with zero attached hydrogens (tertiary/aromatic N) is 4. The van der Waals surface area contributed by atoms with Gasteiger partial charge in [0.1, 0.15) is 17.2 Å². The van der Waals surface area contributed by atoms with E-state index in [-0.39, 0.29) is 17.0 Å². The molecule has 46 heavy (non-hydrogen) atoms. The lowest BCUT2D eigenvalue weighted by atomic mass is 9.97. The Morgan fingerprint density at radius 3 is 2.46 bits per heavy atom. The van der Waals surface area contributed by atoms with Crippen molar-refractivity contribution < 1.29 is 9.18 Å². The Morgan fingerprint density at radius 1 is 0.957 bits per heavy atom. The maximum Gasteiger partial charge on any atom is 0.280 e. The molecule has 0 bridgehead atoms. The fourth-order valence-corrected chi connectivity index (χ4v) is 6.93. The third kappa shape index (κ3) is 5.55. The van der Waals surface area contributed by atoms with Crippen molar-refractivity contribution in [3.63, 3.8) is 0 Å². The second kappa shape index (κ2) is 11.7. The number of hydrogen-bond donors (Lipinski definition) is 1. The summed E-state index contributed by atoms with van der Waals surface area (Å²) in [7, 11) is 1.70. The average molecular weight is 616 g/mol. The van der Waals surface area contributed by atoms with Gasteiger partial charge in [-0.3, -0.25) is 19.1 Å². The number of aromatic amines is 1. The van der Waals surface area contributed by atoms with E-state index in [0.717, 1.165) is 73.3 Å². The van der Waals surface area contributed by atoms with Crippen LogP contribution >= 0.6 is 0 Å². The van der Waals surface area contributed by atoms with Gasteiger partial charge in [-0.2, -0.15) is 0 Å². The second-order valence-corrected chi connectivity index (χ2v) is 13.3. The second-order valence-electron chi connectivity index (χ2n) is 13.3. The highest BCUT2D eigenvalue weighted by Crippen LogP contribution is 2.44. The Balaban J connectivity index is 1.24. The van der Waals surface area contributed by atoms with Crippen molar-refractivity contribution in [2.45, 2.75) is 63.3 Å². The maximum atomic E-state index is 14.7. The SMILES string of the molecule is CN(C(=O)c1cc(F)ccc1-c1cc(C2CC2)nc(-n2cc(C3CC3)c3cc(CN4CCCCC4)[nH]c3c2=O)c1)c1ccccc1. The number of H-pyrrole nitrogens is 1. The standard InChI is InChI=1S/C38H38FN5O2/c1-42(29-8-4-2-5-9-29)37(45)32-20-27(39)14-15-30(32)26-18-34(25-12-13-25)41-35(19-26)44-23-33(24-10-11-24)31-21-28(40-36(31)38(44)46)22-43-16-6-3-7-17-43/h2,4-5,8-9,14-15,18-21,23-25,40H,3,6-7,10-13,16-17,22H2,1H3. The highest BCUT2D eigenvalue weighted by Gasteiger charge is 2.30. The Hall–Kier alpha value is -4.56. The minimum absolute atomic E-state index is 0.130. The lowest BCUT2D eigenvalue weighted by Gasteiger charge is -2.25. The molecule has 1 aliphatic heterocycles. The molecule has 234 valence electrons. The number of hydrogen-bond acceptors (Lipinski definition) is 4. The number of pyridine rings is 2. The number of carbonyl (C=O) groups is 1. The molecule has 2 saturated carbocycles. The molecule has 2 aromatic carbocycles. The minimum Gasteiger partial charge on any atom is -0.353 e. The molecule has 7 nitrogen and oxygen atoms in total. The van der Waals surface area contributed by atoms with Gasteiger partial charge in [-0.15, -0.1) is 0 Å². The van der Waals surface area contributed by atoms with Crippen molar-refractivity contribution >= 4 is 22.5 Å². The number of nitrogens with one attached hydrogen (secondary N) is 1. The zero-order valence-electron chi connectivity index (χ0n) is 26.1. The van der Waals surface area contributed by atoms with E-state index in [1.165, 1.54) is 41.9 Å². The number of anilines is 1. The van der Waals surface area contributed by atoms with Gasteiger partial charge in [-0.25, -0.2) is 9.37 Å². The fraction of sp³-hybridized carbons (Fsp3) is 0.342. The van der Waals surface area contributed by atoms with E-state index < -0.39 is 5.82 Å². The molecule has 4 heterocycles. The number of benzene rings is 2. The monoisotopic (exact) mass is 615 g/mol. The lowest BCUT2D eigenvalue weighted by molar-refractivity contribution is 0.0993. The van der Waals surface area contributed by atoms with E-state index in [1.807, 2.05) is 48.7 Å². The summed E-state index contributed by atoms with van der Waals surface area (Å²) in [5.74, 6) is 0.463. The van der Waals surface area contributed by atoms with Crippen LogP contribution in [0.4, 0.5) is 10.1 Å². The molecule has 8 heteroatoms. The van der Waals surface area contributed by atoms with E-state index in [1.54, 1.807) is 17.7 Å². The molecular weight excluding hydrogens is 577 g/mol. The summed E-state index contributed by atoms with van der Waals surface area (Å²) in [6.07, 6.45) is 9.98. The number of fused-ring (bicyclic) bond motifs is 1. The molecule has 2 aliphatic carbocycles. The van der Waals surface area contributed by atoms with Crippen molar-refractivity contribution in [2.75, 3.05) is 25.0 Å². The van der Waals surface area contributed by atoms with Crippen LogP contribution in [0.15, 0.2) is 77.7 Å². The number of rotatable bonds is 8. The highest BCUT2D eigenvalue weighted by molar-refractivity contribution is 6.10. The predicted molar refractivity (Wildman–Crippen MR) is 179 cm³/mol. The van der Waals surface area contributed by atoms with Crippen molar-refractivity contribution in [1.82, 2.24) is 19.4 Å². The number of piperidine rings is 1. The quantitative estimate of drug-likeness (QED) is 0.196. The van der Waals surface area contributed by atoms with Crippen molar-refractivity contribution in [2.24, 2.45) is 0 Å². The van der Waals surface area contributed by atoms with Crippen LogP contribution in [0.2, 0.25) is 0 Å². The zero-order valence-corrected chi connectivity index (χ0v) is 26.1. The van der Waals surface area contributed by atoms with Gasteiger partial charge in [0, 0.05) is 48.2 Å². The number of amides is 1. The third-order valence-corrected chi connectivity index (χ3v) is 9.79. The van der Waals surface area contributed by atoms with Gasteiger partial charge in [-0.1, -0.05) is 30.7 Å². The van der Waals surface area contributed by atoms with Crippen LogP contribution in [-0.4, -0.2) is 45.5 Å². The van der Waals surface area contributed by atoms with Gasteiger partial charge in [0.05, 0.1) is 5.56 Å². The van der Waals surface area contributed by atoms with E-state index in [4.69, 9.17) is 4.98 Å². The highest BCUT2D eigenvalue weighted by atomic mass is 19.1. The van der Waals surface area contributed by atoms with Crippen LogP contribution in [0.5, 0.6) is 0 Å². The number of carbonyl (C=O) groups excluding carboxylic acids is 1. The molecule has 8 rings (SSSR count). The summed E-state index contributed by atoms with van der Waals surface area (Å²) in [5.41, 5.74) is 5.98. The minimum atomic E-state index is -0.479.